The van der Waals surface area contributed by atoms with Crippen LogP contribution < -0.4 is 5.73 Å². The quantitative estimate of drug-likeness (QED) is 0.890. The molecule has 2 heteroatoms. The number of aryl methyl sites for hydroxylation is 1. The summed E-state index contributed by atoms with van der Waals surface area (Å²) < 4.78 is 1.18. The molecule has 1 aromatic carbocycles. The van der Waals surface area contributed by atoms with Gasteiger partial charge in [-0.15, -0.1) is 0 Å². The van der Waals surface area contributed by atoms with Crippen molar-refractivity contribution in [2.45, 2.75) is 50.9 Å². The van der Waals surface area contributed by atoms with Crippen molar-refractivity contribution in [2.75, 3.05) is 6.54 Å². The zero-order valence-corrected chi connectivity index (χ0v) is 12.2. The summed E-state index contributed by atoms with van der Waals surface area (Å²) in [4.78, 5) is 0. The van der Waals surface area contributed by atoms with Gasteiger partial charge < -0.3 is 5.73 Å². The summed E-state index contributed by atoms with van der Waals surface area (Å²) in [5.74, 6) is 0. The smallest absolute Gasteiger partial charge is 0.0178 e. The minimum Gasteiger partial charge on any atom is -0.330 e. The van der Waals surface area contributed by atoms with Crippen LogP contribution in [-0.4, -0.2) is 6.54 Å². The molecule has 1 aromatic rings. The predicted molar refractivity (Wildman–Crippen MR) is 77.3 cm³/mol. The van der Waals surface area contributed by atoms with Crippen molar-refractivity contribution in [2.24, 2.45) is 5.73 Å². The van der Waals surface area contributed by atoms with E-state index >= 15 is 0 Å². The number of rotatable bonds is 3. The van der Waals surface area contributed by atoms with Crippen LogP contribution in [0, 0.1) is 0 Å². The van der Waals surface area contributed by atoms with Gasteiger partial charge in [0.25, 0.3) is 0 Å². The van der Waals surface area contributed by atoms with Gasteiger partial charge in [-0.1, -0.05) is 48.2 Å². The number of hydrogen-bond acceptors (Lipinski definition) is 1. The lowest BCUT2D eigenvalue weighted by Gasteiger charge is -2.38. The maximum atomic E-state index is 6.12. The van der Waals surface area contributed by atoms with Crippen molar-refractivity contribution in [3.8, 4) is 0 Å². The largest absolute Gasteiger partial charge is 0.330 e. The highest BCUT2D eigenvalue weighted by Crippen LogP contribution is 2.40. The summed E-state index contributed by atoms with van der Waals surface area (Å²) >= 11 is 3.57. The maximum absolute atomic E-state index is 6.12. The summed E-state index contributed by atoms with van der Waals surface area (Å²) in [6, 6.07) is 6.73. The summed E-state index contributed by atoms with van der Waals surface area (Å²) in [6.45, 7) is 3.03. The molecular formula is C15H22BrN. The van der Waals surface area contributed by atoms with Crippen LogP contribution in [0.4, 0.5) is 0 Å². The molecule has 17 heavy (non-hydrogen) atoms. The Labute approximate surface area is 113 Å². The molecule has 1 fully saturated rings. The van der Waals surface area contributed by atoms with E-state index in [-0.39, 0.29) is 5.41 Å². The normalized spacial score (nSPS) is 19.2. The van der Waals surface area contributed by atoms with E-state index in [1.807, 2.05) is 0 Å². The summed E-state index contributed by atoms with van der Waals surface area (Å²) in [7, 11) is 0. The Kier molecular flexibility index (Phi) is 4.26. The fraction of sp³-hybridized carbons (Fsp3) is 0.600. The zero-order chi connectivity index (χ0) is 12.3. The van der Waals surface area contributed by atoms with Crippen LogP contribution in [0.25, 0.3) is 0 Å². The number of hydrogen-bond donors (Lipinski definition) is 1. The second-order valence-corrected chi connectivity index (χ2v) is 6.12. The topological polar surface area (TPSA) is 26.0 Å². The highest BCUT2D eigenvalue weighted by molar-refractivity contribution is 9.10. The first-order chi connectivity index (χ1) is 8.22. The Balaban J connectivity index is 2.42. The first-order valence-corrected chi connectivity index (χ1v) is 7.50. The van der Waals surface area contributed by atoms with Crippen molar-refractivity contribution >= 4 is 15.9 Å². The van der Waals surface area contributed by atoms with Crippen molar-refractivity contribution in [1.29, 1.82) is 0 Å². The Morgan fingerprint density at radius 3 is 2.53 bits per heavy atom. The van der Waals surface area contributed by atoms with Gasteiger partial charge in [0.2, 0.25) is 0 Å². The summed E-state index contributed by atoms with van der Waals surface area (Å²) in [5.41, 5.74) is 9.34. The molecule has 0 heterocycles. The van der Waals surface area contributed by atoms with E-state index in [1.165, 1.54) is 47.7 Å². The third kappa shape index (κ3) is 2.58. The third-order valence-electron chi connectivity index (χ3n) is 4.22. The lowest BCUT2D eigenvalue weighted by molar-refractivity contribution is 0.299. The minimum atomic E-state index is 0.254. The van der Waals surface area contributed by atoms with Crippen LogP contribution in [0.1, 0.15) is 50.2 Å². The van der Waals surface area contributed by atoms with E-state index in [9.17, 15) is 0 Å². The predicted octanol–water partition coefficient (Wildman–Crippen LogP) is 4.17. The lowest BCUT2D eigenvalue weighted by Crippen LogP contribution is -2.38. The molecule has 2 rings (SSSR count). The first kappa shape index (κ1) is 13.1. The molecule has 2 N–H and O–H groups in total. The Hall–Kier alpha value is -0.340. The standard InChI is InChI=1S/C15H22BrN/c1-2-12-10-13(16)6-7-14(12)15(11-17)8-4-3-5-9-15/h6-7,10H,2-5,8-9,11,17H2,1H3. The molecule has 0 aliphatic heterocycles. The molecule has 0 aromatic heterocycles. The van der Waals surface area contributed by atoms with Gasteiger partial charge in [-0.3, -0.25) is 0 Å². The summed E-state index contributed by atoms with van der Waals surface area (Å²) in [6.07, 6.45) is 7.65. The van der Waals surface area contributed by atoms with Gasteiger partial charge in [0, 0.05) is 16.4 Å². The van der Waals surface area contributed by atoms with Gasteiger partial charge in [0.1, 0.15) is 0 Å². The van der Waals surface area contributed by atoms with E-state index in [0.717, 1.165) is 13.0 Å². The van der Waals surface area contributed by atoms with E-state index in [1.54, 1.807) is 0 Å². The molecule has 0 spiro atoms. The molecule has 94 valence electrons. The van der Waals surface area contributed by atoms with Gasteiger partial charge in [-0.05, 0) is 42.5 Å². The van der Waals surface area contributed by atoms with Crippen LogP contribution in [0.15, 0.2) is 22.7 Å². The van der Waals surface area contributed by atoms with E-state index in [2.05, 4.69) is 41.1 Å². The molecule has 1 saturated carbocycles. The maximum Gasteiger partial charge on any atom is 0.0178 e. The van der Waals surface area contributed by atoms with Crippen molar-refractivity contribution < 1.29 is 0 Å². The Morgan fingerprint density at radius 1 is 1.24 bits per heavy atom. The molecule has 1 aliphatic carbocycles. The van der Waals surface area contributed by atoms with Gasteiger partial charge in [0.15, 0.2) is 0 Å². The van der Waals surface area contributed by atoms with Crippen LogP contribution in [0.2, 0.25) is 0 Å². The van der Waals surface area contributed by atoms with Gasteiger partial charge in [-0.25, -0.2) is 0 Å². The van der Waals surface area contributed by atoms with Crippen LogP contribution in [-0.2, 0) is 11.8 Å². The molecule has 1 aliphatic rings. The average molecular weight is 296 g/mol. The molecule has 0 radical (unpaired) electrons. The average Bonchev–Trinajstić information content (AvgIpc) is 2.39. The van der Waals surface area contributed by atoms with Gasteiger partial charge in [0.05, 0.1) is 0 Å². The molecule has 0 unspecified atom stereocenters. The van der Waals surface area contributed by atoms with Crippen LogP contribution in [0.3, 0.4) is 0 Å². The molecule has 0 saturated heterocycles. The molecule has 0 bridgehead atoms. The molecule has 0 amide bonds. The number of benzene rings is 1. The number of nitrogens with two attached hydrogens (primary N) is 1. The van der Waals surface area contributed by atoms with E-state index in [4.69, 9.17) is 5.73 Å². The van der Waals surface area contributed by atoms with Crippen molar-refractivity contribution in [3.05, 3.63) is 33.8 Å². The molecular weight excluding hydrogens is 274 g/mol. The minimum absolute atomic E-state index is 0.254. The zero-order valence-electron chi connectivity index (χ0n) is 10.6. The fourth-order valence-corrected chi connectivity index (χ4v) is 3.59. The summed E-state index contributed by atoms with van der Waals surface area (Å²) in [5, 5.41) is 0. The Bertz CT molecular complexity index is 381. The second-order valence-electron chi connectivity index (χ2n) is 5.20. The van der Waals surface area contributed by atoms with Gasteiger partial charge >= 0.3 is 0 Å². The monoisotopic (exact) mass is 295 g/mol. The number of halogens is 1. The third-order valence-corrected chi connectivity index (χ3v) is 4.71. The lowest BCUT2D eigenvalue weighted by atomic mass is 9.68. The van der Waals surface area contributed by atoms with Crippen molar-refractivity contribution in [3.63, 3.8) is 0 Å². The SMILES string of the molecule is CCc1cc(Br)ccc1C1(CN)CCCCC1. The highest BCUT2D eigenvalue weighted by Gasteiger charge is 2.33. The van der Waals surface area contributed by atoms with E-state index < -0.39 is 0 Å². The fourth-order valence-electron chi connectivity index (χ4n) is 3.18. The van der Waals surface area contributed by atoms with Crippen LogP contribution >= 0.6 is 15.9 Å². The highest BCUT2D eigenvalue weighted by atomic mass is 79.9. The molecule has 0 atom stereocenters. The van der Waals surface area contributed by atoms with Crippen molar-refractivity contribution in [1.82, 2.24) is 0 Å². The molecule has 1 nitrogen and oxygen atoms in total. The second kappa shape index (κ2) is 5.53. The van der Waals surface area contributed by atoms with E-state index in [0.29, 0.717) is 0 Å². The van der Waals surface area contributed by atoms with Gasteiger partial charge in [-0.2, -0.15) is 0 Å². The Morgan fingerprint density at radius 2 is 1.94 bits per heavy atom. The first-order valence-electron chi connectivity index (χ1n) is 6.71. The van der Waals surface area contributed by atoms with Crippen LogP contribution in [0.5, 0.6) is 0 Å².